The molecule has 8 heteroatoms. The van der Waals surface area contributed by atoms with Gasteiger partial charge in [0.05, 0.1) is 24.6 Å². The second kappa shape index (κ2) is 8.66. The molecule has 1 N–H and O–H groups in total. The van der Waals surface area contributed by atoms with Gasteiger partial charge < -0.3 is 10.1 Å². The summed E-state index contributed by atoms with van der Waals surface area (Å²) in [4.78, 5) is 12.4. The number of halogens is 1. The van der Waals surface area contributed by atoms with E-state index in [0.29, 0.717) is 5.75 Å². The number of likely N-dealkylation sites (N-methyl/N-ethyl adjacent to an activating group) is 1. The quantitative estimate of drug-likeness (QED) is 0.717. The van der Waals surface area contributed by atoms with Gasteiger partial charge in [0, 0.05) is 11.5 Å². The standard InChI is InChI=1S/C18H21BrN2O4S/c1-13(14-5-4-6-15(19)11-14)20-18(22)12-21(2)26(23,24)17-9-7-16(25-3)8-10-17/h4-11,13H,12H2,1-3H3,(H,20,22)/t13-/m0/s1. The molecule has 140 valence electrons. The summed E-state index contributed by atoms with van der Waals surface area (Å²) in [6.45, 7) is 1.57. The van der Waals surface area contributed by atoms with Crippen LogP contribution in [-0.4, -0.2) is 39.3 Å². The third kappa shape index (κ3) is 5.06. The van der Waals surface area contributed by atoms with Crippen LogP contribution in [0.15, 0.2) is 57.9 Å². The molecule has 0 radical (unpaired) electrons. The highest BCUT2D eigenvalue weighted by atomic mass is 79.9. The van der Waals surface area contributed by atoms with Gasteiger partial charge in [-0.25, -0.2) is 8.42 Å². The van der Waals surface area contributed by atoms with Crippen molar-refractivity contribution in [1.82, 2.24) is 9.62 Å². The van der Waals surface area contributed by atoms with E-state index in [1.807, 2.05) is 31.2 Å². The lowest BCUT2D eigenvalue weighted by atomic mass is 10.1. The predicted molar refractivity (Wildman–Crippen MR) is 104 cm³/mol. The fraction of sp³-hybridized carbons (Fsp3) is 0.278. The summed E-state index contributed by atoms with van der Waals surface area (Å²) in [5.74, 6) is 0.184. The average Bonchev–Trinajstić information content (AvgIpc) is 2.61. The van der Waals surface area contributed by atoms with Crippen LogP contribution < -0.4 is 10.1 Å². The number of ether oxygens (including phenoxy) is 1. The van der Waals surface area contributed by atoms with Gasteiger partial charge in [0.2, 0.25) is 15.9 Å². The van der Waals surface area contributed by atoms with E-state index in [-0.39, 0.29) is 23.4 Å². The third-order valence-corrected chi connectivity index (χ3v) is 6.17. The number of benzene rings is 2. The second-order valence-electron chi connectivity index (χ2n) is 5.78. The van der Waals surface area contributed by atoms with Gasteiger partial charge in [0.15, 0.2) is 0 Å². The molecule has 26 heavy (non-hydrogen) atoms. The Morgan fingerprint density at radius 3 is 2.46 bits per heavy atom. The number of rotatable bonds is 7. The summed E-state index contributed by atoms with van der Waals surface area (Å²) in [5, 5.41) is 2.81. The van der Waals surface area contributed by atoms with Crippen molar-refractivity contribution in [2.45, 2.75) is 17.9 Å². The number of sulfonamides is 1. The smallest absolute Gasteiger partial charge is 0.243 e. The van der Waals surface area contributed by atoms with Crippen molar-refractivity contribution in [3.63, 3.8) is 0 Å². The summed E-state index contributed by atoms with van der Waals surface area (Å²) in [6.07, 6.45) is 0. The van der Waals surface area contributed by atoms with Crippen LogP contribution in [0.2, 0.25) is 0 Å². The molecule has 0 spiro atoms. The number of methoxy groups -OCH3 is 1. The molecule has 2 aromatic rings. The monoisotopic (exact) mass is 440 g/mol. The fourth-order valence-corrected chi connectivity index (χ4v) is 3.91. The number of carbonyl (C=O) groups is 1. The Balaban J connectivity index is 2.03. The summed E-state index contributed by atoms with van der Waals surface area (Å²) >= 11 is 3.39. The van der Waals surface area contributed by atoms with Crippen molar-refractivity contribution in [1.29, 1.82) is 0 Å². The van der Waals surface area contributed by atoms with E-state index < -0.39 is 10.0 Å². The van der Waals surface area contributed by atoms with E-state index in [4.69, 9.17) is 4.74 Å². The van der Waals surface area contributed by atoms with E-state index in [0.717, 1.165) is 14.3 Å². The molecule has 0 bridgehead atoms. The Morgan fingerprint density at radius 1 is 1.23 bits per heavy atom. The zero-order chi connectivity index (χ0) is 19.3. The van der Waals surface area contributed by atoms with E-state index in [2.05, 4.69) is 21.2 Å². The maximum Gasteiger partial charge on any atom is 0.243 e. The fourth-order valence-electron chi connectivity index (χ4n) is 2.36. The molecule has 0 saturated heterocycles. The van der Waals surface area contributed by atoms with Gasteiger partial charge in [0.25, 0.3) is 0 Å². The van der Waals surface area contributed by atoms with Crippen molar-refractivity contribution in [2.75, 3.05) is 20.7 Å². The van der Waals surface area contributed by atoms with Crippen LogP contribution in [0.1, 0.15) is 18.5 Å². The van der Waals surface area contributed by atoms with Gasteiger partial charge in [-0.3, -0.25) is 4.79 Å². The van der Waals surface area contributed by atoms with Crippen molar-refractivity contribution in [3.05, 3.63) is 58.6 Å². The highest BCUT2D eigenvalue weighted by Gasteiger charge is 2.23. The first-order valence-electron chi connectivity index (χ1n) is 7.89. The van der Waals surface area contributed by atoms with Gasteiger partial charge in [-0.05, 0) is 48.9 Å². The maximum atomic E-state index is 12.6. The van der Waals surface area contributed by atoms with Crippen LogP contribution in [0.4, 0.5) is 0 Å². The molecule has 0 aliphatic rings. The molecule has 6 nitrogen and oxygen atoms in total. The van der Waals surface area contributed by atoms with Crippen LogP contribution in [0, 0.1) is 0 Å². The number of amides is 1. The molecule has 0 saturated carbocycles. The average molecular weight is 441 g/mol. The minimum Gasteiger partial charge on any atom is -0.497 e. The minimum absolute atomic E-state index is 0.105. The molecular formula is C18H21BrN2O4S. The SMILES string of the molecule is COc1ccc(S(=O)(=O)N(C)CC(=O)N[C@@H](C)c2cccc(Br)c2)cc1. The lowest BCUT2D eigenvalue weighted by molar-refractivity contribution is -0.121. The molecule has 0 aliphatic heterocycles. The zero-order valence-electron chi connectivity index (χ0n) is 14.8. The summed E-state index contributed by atoms with van der Waals surface area (Å²) < 4.78 is 32.1. The van der Waals surface area contributed by atoms with Crippen LogP contribution >= 0.6 is 15.9 Å². The largest absolute Gasteiger partial charge is 0.497 e. The number of nitrogens with zero attached hydrogens (tertiary/aromatic N) is 1. The number of nitrogens with one attached hydrogen (secondary N) is 1. The molecular weight excluding hydrogens is 420 g/mol. The molecule has 0 heterocycles. The second-order valence-corrected chi connectivity index (χ2v) is 8.74. The van der Waals surface area contributed by atoms with Crippen LogP contribution in [-0.2, 0) is 14.8 Å². The Kier molecular flexibility index (Phi) is 6.80. The number of hydrogen-bond donors (Lipinski definition) is 1. The van der Waals surface area contributed by atoms with Crippen LogP contribution in [0.3, 0.4) is 0 Å². The van der Waals surface area contributed by atoms with Gasteiger partial charge in [-0.2, -0.15) is 4.31 Å². The molecule has 0 fully saturated rings. The van der Waals surface area contributed by atoms with Crippen LogP contribution in [0.25, 0.3) is 0 Å². The molecule has 0 unspecified atom stereocenters. The van der Waals surface area contributed by atoms with Crippen molar-refractivity contribution < 1.29 is 17.9 Å². The normalized spacial score (nSPS) is 12.7. The topological polar surface area (TPSA) is 75.7 Å². The van der Waals surface area contributed by atoms with E-state index >= 15 is 0 Å². The Morgan fingerprint density at radius 2 is 1.88 bits per heavy atom. The van der Waals surface area contributed by atoms with Crippen molar-refractivity contribution in [2.24, 2.45) is 0 Å². The van der Waals surface area contributed by atoms with E-state index in [1.54, 1.807) is 12.1 Å². The van der Waals surface area contributed by atoms with Crippen molar-refractivity contribution in [3.8, 4) is 5.75 Å². The van der Waals surface area contributed by atoms with Gasteiger partial charge >= 0.3 is 0 Å². The van der Waals surface area contributed by atoms with E-state index in [9.17, 15) is 13.2 Å². The lowest BCUT2D eigenvalue weighted by Gasteiger charge is -2.19. The molecule has 1 amide bonds. The molecule has 1 atom stereocenters. The predicted octanol–water partition coefficient (Wildman–Crippen LogP) is 2.96. The molecule has 0 aromatic heterocycles. The third-order valence-electron chi connectivity index (χ3n) is 3.86. The molecule has 0 aliphatic carbocycles. The first kappa shape index (κ1) is 20.4. The van der Waals surface area contributed by atoms with Gasteiger partial charge in [0.1, 0.15) is 5.75 Å². The maximum absolute atomic E-state index is 12.6. The molecule has 2 rings (SSSR count). The Hall–Kier alpha value is -1.90. The lowest BCUT2D eigenvalue weighted by Crippen LogP contribution is -2.39. The zero-order valence-corrected chi connectivity index (χ0v) is 17.2. The Bertz CT molecular complexity index is 869. The highest BCUT2D eigenvalue weighted by molar-refractivity contribution is 9.10. The minimum atomic E-state index is -3.76. The first-order valence-corrected chi connectivity index (χ1v) is 10.1. The number of carbonyl (C=O) groups excluding carboxylic acids is 1. The van der Waals surface area contributed by atoms with Crippen molar-refractivity contribution >= 4 is 31.9 Å². The number of hydrogen-bond acceptors (Lipinski definition) is 4. The Labute approximate surface area is 162 Å². The highest BCUT2D eigenvalue weighted by Crippen LogP contribution is 2.19. The summed E-state index contributed by atoms with van der Waals surface area (Å²) in [5.41, 5.74) is 0.924. The van der Waals surface area contributed by atoms with Gasteiger partial charge in [-0.1, -0.05) is 28.1 Å². The van der Waals surface area contributed by atoms with Crippen LogP contribution in [0.5, 0.6) is 5.75 Å². The summed E-state index contributed by atoms with van der Waals surface area (Å²) in [7, 11) is -0.872. The van der Waals surface area contributed by atoms with Gasteiger partial charge in [-0.15, -0.1) is 0 Å². The van der Waals surface area contributed by atoms with E-state index in [1.165, 1.54) is 26.3 Å². The first-order chi connectivity index (χ1) is 12.2. The summed E-state index contributed by atoms with van der Waals surface area (Å²) in [6, 6.07) is 13.4. The molecule has 2 aromatic carbocycles.